The molecule has 1 aromatic carbocycles. The van der Waals surface area contributed by atoms with Gasteiger partial charge >= 0.3 is 0 Å². The highest BCUT2D eigenvalue weighted by Crippen LogP contribution is 2.55. The molecule has 0 amide bonds. The maximum absolute atomic E-state index is 3.95. The predicted molar refractivity (Wildman–Crippen MR) is 191 cm³/mol. The van der Waals surface area contributed by atoms with E-state index in [1.165, 1.54) is 67.4 Å². The summed E-state index contributed by atoms with van der Waals surface area (Å²) in [7, 11) is 0. The minimum Gasteiger partial charge on any atom is -0.133 e. The number of hydrogen-bond acceptors (Lipinski definition) is 6. The highest BCUT2D eigenvalue weighted by atomic mass is 79.9. The Kier molecular flexibility index (Phi) is 7.01. The molecule has 186 valence electrons. The van der Waals surface area contributed by atoms with Crippen molar-refractivity contribution in [2.45, 2.75) is 13.8 Å². The SMILES string of the molecule is CC#Cc1cc(Br)c(-c2sc3c(sc4cc5c(cc43)sc3c(Br)c(-c4sc(C#CC)cc4Br)sc35)c2Br)s1. The van der Waals surface area contributed by atoms with Crippen LogP contribution in [0.15, 0.2) is 42.2 Å². The minimum atomic E-state index is 1.08. The van der Waals surface area contributed by atoms with Gasteiger partial charge in [-0.05, 0) is 102 Å². The molecule has 0 saturated carbocycles. The summed E-state index contributed by atoms with van der Waals surface area (Å²) in [5.74, 6) is 12.4. The van der Waals surface area contributed by atoms with Gasteiger partial charge in [0, 0.05) is 29.1 Å². The highest BCUT2D eigenvalue weighted by molar-refractivity contribution is 9.11. The molecule has 0 radical (unpaired) electrons. The predicted octanol–water partition coefficient (Wildman–Crippen LogP) is 13.8. The fourth-order valence-corrected chi connectivity index (χ4v) is 15.9. The zero-order chi connectivity index (χ0) is 26.3. The topological polar surface area (TPSA) is 0 Å². The molecule has 0 bridgehead atoms. The third-order valence-electron chi connectivity index (χ3n) is 5.90. The first-order chi connectivity index (χ1) is 18.4. The van der Waals surface area contributed by atoms with Crippen LogP contribution >= 0.6 is 132 Å². The molecule has 38 heavy (non-hydrogen) atoms. The van der Waals surface area contributed by atoms with Gasteiger partial charge in [0.2, 0.25) is 0 Å². The van der Waals surface area contributed by atoms with Gasteiger partial charge in [-0.25, -0.2) is 0 Å². The molecule has 6 aromatic heterocycles. The second-order valence-corrected chi connectivity index (χ2v) is 17.7. The lowest BCUT2D eigenvalue weighted by Crippen LogP contribution is -1.67. The molecule has 0 nitrogen and oxygen atoms in total. The second-order valence-electron chi connectivity index (χ2n) is 8.18. The van der Waals surface area contributed by atoms with Gasteiger partial charge in [-0.2, -0.15) is 0 Å². The van der Waals surface area contributed by atoms with Crippen molar-refractivity contribution in [2.24, 2.45) is 0 Å². The van der Waals surface area contributed by atoms with Crippen molar-refractivity contribution in [1.82, 2.24) is 0 Å². The third kappa shape index (κ3) is 4.10. The Morgan fingerprint density at radius 1 is 0.500 bits per heavy atom. The van der Waals surface area contributed by atoms with E-state index in [9.17, 15) is 0 Å². The van der Waals surface area contributed by atoms with Gasteiger partial charge in [0.05, 0.1) is 57.0 Å². The number of hydrogen-bond donors (Lipinski definition) is 0. The molecule has 0 aliphatic carbocycles. The largest absolute Gasteiger partial charge is 0.133 e. The molecule has 0 unspecified atom stereocenters. The zero-order valence-corrected chi connectivity index (χ0v) is 30.5. The van der Waals surface area contributed by atoms with Crippen LogP contribution in [0.1, 0.15) is 23.6 Å². The summed E-state index contributed by atoms with van der Waals surface area (Å²) in [6.07, 6.45) is 0. The molecule has 0 fully saturated rings. The Morgan fingerprint density at radius 3 is 1.32 bits per heavy atom. The lowest BCUT2D eigenvalue weighted by Gasteiger charge is -1.97. The first-order valence-electron chi connectivity index (χ1n) is 11.0. The Morgan fingerprint density at radius 2 is 0.921 bits per heavy atom. The molecule has 0 aliphatic rings. The van der Waals surface area contributed by atoms with Crippen molar-refractivity contribution in [3.05, 3.63) is 51.9 Å². The van der Waals surface area contributed by atoms with E-state index >= 15 is 0 Å². The molecular formula is C28H10Br4S6. The number of fused-ring (bicyclic) bond motifs is 6. The standard InChI is InChI=1S/C28H10Br4S6/c1-3-5-11-7-15(29)23(33-11)27-19(31)25-21(37-27)13-9-18-14(10-17(13)35-25)22-26(36-18)20(32)28(38-22)24-16(30)8-12(34-24)6-4-2/h7-10H,1-2H3. The van der Waals surface area contributed by atoms with Crippen LogP contribution in [0.4, 0.5) is 0 Å². The molecule has 0 saturated heterocycles. The highest BCUT2D eigenvalue weighted by Gasteiger charge is 2.23. The fourth-order valence-electron chi connectivity index (χ4n) is 4.34. The van der Waals surface area contributed by atoms with Gasteiger partial charge in [-0.15, -0.1) is 79.9 Å². The Labute approximate surface area is 276 Å². The number of halogens is 4. The molecule has 10 heteroatoms. The van der Waals surface area contributed by atoms with Crippen molar-refractivity contribution < 1.29 is 0 Å². The van der Waals surface area contributed by atoms with Gasteiger partial charge in [0.25, 0.3) is 0 Å². The van der Waals surface area contributed by atoms with Gasteiger partial charge in [0.1, 0.15) is 0 Å². The van der Waals surface area contributed by atoms with Crippen LogP contribution in [-0.2, 0) is 0 Å². The number of rotatable bonds is 2. The van der Waals surface area contributed by atoms with Crippen molar-refractivity contribution in [3.8, 4) is 43.2 Å². The molecule has 0 N–H and O–H groups in total. The van der Waals surface area contributed by atoms with Crippen LogP contribution in [0.5, 0.6) is 0 Å². The smallest absolute Gasteiger partial charge is 0.0786 e. The summed E-state index contributed by atoms with van der Waals surface area (Å²) in [4.78, 5) is 7.16. The molecule has 0 atom stereocenters. The van der Waals surface area contributed by atoms with Crippen LogP contribution in [0.25, 0.3) is 58.5 Å². The summed E-state index contributed by atoms with van der Waals surface area (Å²) in [6, 6.07) is 9.03. The van der Waals surface area contributed by atoms with Crippen LogP contribution in [0.2, 0.25) is 0 Å². The molecular weight excluding hydrogens is 848 g/mol. The molecule has 0 aliphatic heterocycles. The third-order valence-corrected chi connectivity index (χ3v) is 17.8. The van der Waals surface area contributed by atoms with Crippen LogP contribution < -0.4 is 0 Å². The van der Waals surface area contributed by atoms with E-state index in [1.807, 2.05) is 59.2 Å². The molecule has 0 spiro atoms. The van der Waals surface area contributed by atoms with E-state index in [1.54, 1.807) is 22.7 Å². The van der Waals surface area contributed by atoms with E-state index < -0.39 is 0 Å². The maximum Gasteiger partial charge on any atom is 0.0786 e. The van der Waals surface area contributed by atoms with Crippen LogP contribution in [0, 0.1) is 23.7 Å². The Balaban J connectivity index is 1.40. The average molecular weight is 858 g/mol. The summed E-state index contributed by atoms with van der Waals surface area (Å²) in [6.45, 7) is 3.76. The lowest BCUT2D eigenvalue weighted by molar-refractivity contribution is 1.81. The van der Waals surface area contributed by atoms with Gasteiger partial charge in [0.15, 0.2) is 0 Å². The lowest BCUT2D eigenvalue weighted by atomic mass is 10.2. The first-order valence-corrected chi connectivity index (χ1v) is 19.1. The second kappa shape index (κ2) is 10.1. The van der Waals surface area contributed by atoms with E-state index in [2.05, 4.69) is 112 Å². The number of thiophene rings is 6. The van der Waals surface area contributed by atoms with Crippen LogP contribution in [-0.4, -0.2) is 0 Å². The van der Waals surface area contributed by atoms with Gasteiger partial charge in [-0.3, -0.25) is 0 Å². The average Bonchev–Trinajstić information content (AvgIpc) is 3.70. The molecule has 7 aromatic rings. The first kappa shape index (κ1) is 26.4. The normalized spacial score (nSPS) is 11.5. The summed E-state index contributed by atoms with van der Waals surface area (Å²) in [5.41, 5.74) is 0. The quantitative estimate of drug-likeness (QED) is 0.152. The van der Waals surface area contributed by atoms with Crippen molar-refractivity contribution in [1.29, 1.82) is 0 Å². The summed E-state index contributed by atoms with van der Waals surface area (Å²) < 4.78 is 12.6. The van der Waals surface area contributed by atoms with Crippen LogP contribution in [0.3, 0.4) is 0 Å². The zero-order valence-electron chi connectivity index (χ0n) is 19.3. The Bertz CT molecular complexity index is 2060. The van der Waals surface area contributed by atoms with E-state index in [4.69, 9.17) is 0 Å². The summed E-state index contributed by atoms with van der Waals surface area (Å²) >= 11 is 26.4. The van der Waals surface area contributed by atoms with E-state index in [0.29, 0.717) is 0 Å². The van der Waals surface area contributed by atoms with E-state index in [0.717, 1.165) is 18.7 Å². The maximum atomic E-state index is 3.95. The Hall–Kier alpha value is -0.500. The molecule has 7 rings (SSSR count). The van der Waals surface area contributed by atoms with Crippen molar-refractivity contribution in [3.63, 3.8) is 0 Å². The van der Waals surface area contributed by atoms with Gasteiger partial charge in [-0.1, -0.05) is 11.8 Å². The van der Waals surface area contributed by atoms with E-state index in [-0.39, 0.29) is 0 Å². The monoisotopic (exact) mass is 854 g/mol. The minimum absolute atomic E-state index is 1.08. The van der Waals surface area contributed by atoms with Crippen molar-refractivity contribution >= 4 is 171 Å². The molecule has 6 heterocycles. The fraction of sp³-hybridized carbons (Fsp3) is 0.0714. The number of benzene rings is 1. The summed E-state index contributed by atoms with van der Waals surface area (Å²) in [5, 5.41) is 2.68. The van der Waals surface area contributed by atoms with Crippen molar-refractivity contribution in [2.75, 3.05) is 0 Å². The van der Waals surface area contributed by atoms with Gasteiger partial charge < -0.3 is 0 Å².